The van der Waals surface area contributed by atoms with Gasteiger partial charge in [-0.3, -0.25) is 14.7 Å². The van der Waals surface area contributed by atoms with Gasteiger partial charge in [-0.2, -0.15) is 18.3 Å². The van der Waals surface area contributed by atoms with Crippen LogP contribution in [0, 0.1) is 11.8 Å². The van der Waals surface area contributed by atoms with E-state index in [4.69, 9.17) is 0 Å². The summed E-state index contributed by atoms with van der Waals surface area (Å²) in [6.07, 6.45) is 1.47. The van der Waals surface area contributed by atoms with Crippen molar-refractivity contribution >= 4 is 17.2 Å². The number of hydrogen-bond acceptors (Lipinski definition) is 6. The lowest BCUT2D eigenvalue weighted by Crippen LogP contribution is -2.53. The molecule has 0 unspecified atom stereocenters. The van der Waals surface area contributed by atoms with E-state index in [9.17, 15) is 18.0 Å². The number of carbonyl (C=O) groups is 1. The van der Waals surface area contributed by atoms with Crippen LogP contribution in [-0.4, -0.2) is 55.6 Å². The number of anilines is 1. The lowest BCUT2D eigenvalue weighted by Gasteiger charge is -2.36. The largest absolute Gasteiger partial charge is 0.416 e. The van der Waals surface area contributed by atoms with Gasteiger partial charge in [0.05, 0.1) is 17.3 Å². The zero-order valence-corrected chi connectivity index (χ0v) is 21.3. The van der Waals surface area contributed by atoms with Crippen molar-refractivity contribution in [3.63, 3.8) is 0 Å². The van der Waals surface area contributed by atoms with E-state index in [1.54, 1.807) is 29.0 Å². The van der Waals surface area contributed by atoms with Gasteiger partial charge in [0.1, 0.15) is 5.69 Å². The van der Waals surface area contributed by atoms with Gasteiger partial charge in [-0.1, -0.05) is 12.0 Å². The Bertz CT molecular complexity index is 1560. The summed E-state index contributed by atoms with van der Waals surface area (Å²) < 4.78 is 43.5. The molecule has 2 atom stereocenters. The van der Waals surface area contributed by atoms with Gasteiger partial charge < -0.3 is 10.6 Å². The van der Waals surface area contributed by atoms with Gasteiger partial charge in [-0.25, -0.2) is 9.50 Å². The van der Waals surface area contributed by atoms with E-state index < -0.39 is 17.6 Å². The molecule has 0 bridgehead atoms. The smallest absolute Gasteiger partial charge is 0.322 e. The van der Waals surface area contributed by atoms with E-state index in [2.05, 4.69) is 37.5 Å². The first-order valence-corrected chi connectivity index (χ1v) is 12.4. The summed E-state index contributed by atoms with van der Waals surface area (Å²) in [6.45, 7) is 5.50. The highest BCUT2D eigenvalue weighted by Crippen LogP contribution is 2.35. The molecule has 4 aromatic rings. The number of hydrogen-bond donors (Lipinski definition) is 2. The fourth-order valence-electron chi connectivity index (χ4n) is 4.75. The average molecular weight is 534 g/mol. The SMILES string of the molecule is C[C@@H]1CN(Cc2ccc(NC(=O)c3cncc(C#Cc4cnc5cccnn45)c3)cc2C(F)(F)F)C[C@H](C)N1. The number of rotatable bonds is 4. The molecule has 4 heterocycles. The van der Waals surface area contributed by atoms with Crippen molar-refractivity contribution in [2.45, 2.75) is 38.7 Å². The van der Waals surface area contributed by atoms with Crippen molar-refractivity contribution in [3.8, 4) is 11.8 Å². The van der Waals surface area contributed by atoms with E-state index in [0.717, 1.165) is 6.07 Å². The molecule has 2 N–H and O–H groups in total. The Morgan fingerprint density at radius 2 is 1.90 bits per heavy atom. The third-order valence-electron chi connectivity index (χ3n) is 6.31. The fraction of sp³-hybridized carbons (Fsp3) is 0.286. The number of fused-ring (bicyclic) bond motifs is 1. The van der Waals surface area contributed by atoms with Crippen LogP contribution in [0.3, 0.4) is 0 Å². The van der Waals surface area contributed by atoms with Gasteiger partial charge in [0.15, 0.2) is 5.65 Å². The van der Waals surface area contributed by atoms with Crippen molar-refractivity contribution < 1.29 is 18.0 Å². The van der Waals surface area contributed by atoms with Gasteiger partial charge in [0, 0.05) is 61.6 Å². The minimum absolute atomic E-state index is 0.0476. The Balaban J connectivity index is 1.33. The minimum atomic E-state index is -4.56. The Kier molecular flexibility index (Phi) is 7.32. The Morgan fingerprint density at radius 1 is 1.10 bits per heavy atom. The number of pyridine rings is 1. The molecule has 1 aliphatic heterocycles. The molecular weight excluding hydrogens is 507 g/mol. The third kappa shape index (κ3) is 6.25. The summed E-state index contributed by atoms with van der Waals surface area (Å²) in [5.74, 6) is 5.29. The van der Waals surface area contributed by atoms with Crippen molar-refractivity contribution in [2.24, 2.45) is 0 Å². The maximum absolute atomic E-state index is 14.0. The zero-order valence-electron chi connectivity index (χ0n) is 21.3. The molecule has 0 spiro atoms. The highest BCUT2D eigenvalue weighted by Gasteiger charge is 2.34. The van der Waals surface area contributed by atoms with Crippen LogP contribution >= 0.6 is 0 Å². The summed E-state index contributed by atoms with van der Waals surface area (Å²) in [6, 6.07) is 9.37. The van der Waals surface area contributed by atoms with Crippen LogP contribution in [0.25, 0.3) is 5.65 Å². The molecule has 1 saturated heterocycles. The van der Waals surface area contributed by atoms with Gasteiger partial charge >= 0.3 is 6.18 Å². The van der Waals surface area contributed by atoms with Crippen molar-refractivity contribution in [1.29, 1.82) is 0 Å². The van der Waals surface area contributed by atoms with Crippen molar-refractivity contribution in [2.75, 3.05) is 18.4 Å². The van der Waals surface area contributed by atoms with E-state index in [1.807, 2.05) is 18.7 Å². The van der Waals surface area contributed by atoms with Gasteiger partial charge in [0.2, 0.25) is 0 Å². The molecule has 8 nitrogen and oxygen atoms in total. The minimum Gasteiger partial charge on any atom is -0.322 e. The summed E-state index contributed by atoms with van der Waals surface area (Å²) in [4.78, 5) is 23.2. The van der Waals surface area contributed by atoms with Gasteiger partial charge in [0.25, 0.3) is 5.91 Å². The lowest BCUT2D eigenvalue weighted by atomic mass is 10.0. The van der Waals surface area contributed by atoms with Crippen LogP contribution in [-0.2, 0) is 12.7 Å². The molecule has 200 valence electrons. The molecule has 0 saturated carbocycles. The van der Waals surface area contributed by atoms with Gasteiger partial charge in [-0.05, 0) is 55.7 Å². The molecule has 39 heavy (non-hydrogen) atoms. The van der Waals surface area contributed by atoms with Crippen LogP contribution < -0.4 is 10.6 Å². The standard InChI is InChI=1S/C28H26F3N7O/c1-18-15-37(16-19(2)35-18)17-21-6-7-23(11-25(21)28(29,30)31)36-27(39)22-10-20(12-32-13-22)5-8-24-14-33-26-4-3-9-34-38(24)26/h3-4,6-7,9-14,18-19,35H,15-17H2,1-2H3,(H,36,39)/t18-,19+. The average Bonchev–Trinajstić information content (AvgIpc) is 3.30. The lowest BCUT2D eigenvalue weighted by molar-refractivity contribution is -0.138. The van der Waals surface area contributed by atoms with Crippen LogP contribution in [0.1, 0.15) is 46.6 Å². The maximum atomic E-state index is 14.0. The summed E-state index contributed by atoms with van der Waals surface area (Å²) >= 11 is 0. The van der Waals surface area contributed by atoms with Gasteiger partial charge in [-0.15, -0.1) is 0 Å². The molecule has 3 aromatic heterocycles. The Morgan fingerprint density at radius 3 is 2.67 bits per heavy atom. The highest BCUT2D eigenvalue weighted by molar-refractivity contribution is 6.04. The highest BCUT2D eigenvalue weighted by atomic mass is 19.4. The number of amides is 1. The second-order valence-electron chi connectivity index (χ2n) is 9.64. The summed E-state index contributed by atoms with van der Waals surface area (Å²) in [7, 11) is 0. The monoisotopic (exact) mass is 533 g/mol. The first-order chi connectivity index (χ1) is 18.7. The predicted octanol–water partition coefficient (Wildman–Crippen LogP) is 3.98. The molecule has 11 heteroatoms. The topological polar surface area (TPSA) is 87.5 Å². The number of imidazole rings is 1. The Hall–Kier alpha value is -4.27. The number of aromatic nitrogens is 4. The predicted molar refractivity (Wildman–Crippen MR) is 140 cm³/mol. The van der Waals surface area contributed by atoms with E-state index in [-0.39, 0.29) is 35.4 Å². The Labute approximate surface area is 223 Å². The molecule has 1 aromatic carbocycles. The van der Waals surface area contributed by atoms with Crippen LogP contribution in [0.4, 0.5) is 18.9 Å². The number of halogens is 3. The van der Waals surface area contributed by atoms with E-state index >= 15 is 0 Å². The molecule has 1 fully saturated rings. The number of nitrogens with one attached hydrogen (secondary N) is 2. The molecule has 1 amide bonds. The van der Waals surface area contributed by atoms with Crippen LogP contribution in [0.15, 0.2) is 61.2 Å². The second kappa shape index (κ2) is 10.8. The fourth-order valence-corrected chi connectivity index (χ4v) is 4.75. The second-order valence-corrected chi connectivity index (χ2v) is 9.64. The molecular formula is C28H26F3N7O. The molecule has 1 aliphatic rings. The quantitative estimate of drug-likeness (QED) is 0.386. The number of benzene rings is 1. The number of nitrogens with zero attached hydrogens (tertiary/aromatic N) is 5. The summed E-state index contributed by atoms with van der Waals surface area (Å²) in [5, 5.41) is 10.1. The van der Waals surface area contributed by atoms with E-state index in [1.165, 1.54) is 30.6 Å². The number of alkyl halides is 3. The third-order valence-corrected chi connectivity index (χ3v) is 6.31. The first-order valence-electron chi connectivity index (χ1n) is 12.4. The zero-order chi connectivity index (χ0) is 27.6. The molecule has 0 radical (unpaired) electrons. The van der Waals surface area contributed by atoms with E-state index in [0.29, 0.717) is 30.0 Å². The van der Waals surface area contributed by atoms with Crippen LogP contribution in [0.5, 0.6) is 0 Å². The summed E-state index contributed by atoms with van der Waals surface area (Å²) in [5.41, 5.74) is 1.28. The maximum Gasteiger partial charge on any atom is 0.416 e. The number of piperazine rings is 1. The van der Waals surface area contributed by atoms with Crippen LogP contribution in [0.2, 0.25) is 0 Å². The van der Waals surface area contributed by atoms with Crippen molar-refractivity contribution in [3.05, 3.63) is 89.1 Å². The number of carbonyl (C=O) groups excluding carboxylic acids is 1. The first kappa shape index (κ1) is 26.3. The molecule has 5 rings (SSSR count). The van der Waals surface area contributed by atoms with Crippen molar-refractivity contribution in [1.82, 2.24) is 29.8 Å². The molecule has 0 aliphatic carbocycles. The normalized spacial score (nSPS) is 18.0.